The first-order valence-corrected chi connectivity index (χ1v) is 28.2. The van der Waals surface area contributed by atoms with E-state index in [1.54, 1.807) is 6.08 Å². The second kappa shape index (κ2) is 47.8. The van der Waals surface area contributed by atoms with Gasteiger partial charge in [0.25, 0.3) is 0 Å². The number of aliphatic hydroxyl groups excluding tert-OH is 1. The van der Waals surface area contributed by atoms with Gasteiger partial charge in [0, 0.05) is 6.42 Å². The van der Waals surface area contributed by atoms with Crippen LogP contribution in [0.4, 0.5) is 0 Å². The van der Waals surface area contributed by atoms with Crippen molar-refractivity contribution in [3.63, 3.8) is 0 Å². The molecule has 358 valence electrons. The van der Waals surface area contributed by atoms with Gasteiger partial charge in [-0.05, 0) is 19.3 Å². The van der Waals surface area contributed by atoms with Crippen molar-refractivity contribution in [2.45, 2.75) is 309 Å². The third kappa shape index (κ3) is 48.3. The molecule has 60 heavy (non-hydrogen) atoms. The summed E-state index contributed by atoms with van der Waals surface area (Å²) in [7, 11) is -4.72. The largest absolute Gasteiger partial charge is 0.469 e. The van der Waals surface area contributed by atoms with Crippen molar-refractivity contribution in [3.05, 3.63) is 12.2 Å². The number of phosphoric ester groups is 1. The quantitative estimate of drug-likeness (QED) is 0.0275. The first-order valence-electron chi connectivity index (χ1n) is 26.6. The standard InChI is InChI=1S/C52H104NO6P/c1-3-5-7-9-11-13-15-17-19-21-22-23-24-25-26-27-28-29-30-31-32-34-36-38-40-42-44-46-48-52(55)53-50(49-59-60(56,57)58)51(54)47-45-43-41-39-37-35-33-20-18-16-14-12-10-8-6-4-2/h45,47,50-51,54H,3-44,46,48-49H2,1-2H3,(H,53,55)(H2,56,57,58)/b47-45+/t50-,51+/m0/s1. The molecule has 0 heterocycles. The number of allylic oxidation sites excluding steroid dienone is 1. The van der Waals surface area contributed by atoms with Crippen LogP contribution in [0.2, 0.25) is 0 Å². The Labute approximate surface area is 373 Å². The molecule has 0 saturated heterocycles. The van der Waals surface area contributed by atoms with Gasteiger partial charge in [-0.3, -0.25) is 9.32 Å². The van der Waals surface area contributed by atoms with E-state index in [-0.39, 0.29) is 5.91 Å². The van der Waals surface area contributed by atoms with Crippen LogP contribution in [0, 0.1) is 0 Å². The fraction of sp³-hybridized carbons (Fsp3) is 0.942. The van der Waals surface area contributed by atoms with Crippen molar-refractivity contribution in [1.82, 2.24) is 5.32 Å². The summed E-state index contributed by atoms with van der Waals surface area (Å²) in [5, 5.41) is 13.5. The van der Waals surface area contributed by atoms with Crippen LogP contribution in [-0.4, -0.2) is 39.6 Å². The highest BCUT2D eigenvalue weighted by Crippen LogP contribution is 2.36. The molecule has 8 heteroatoms. The van der Waals surface area contributed by atoms with E-state index < -0.39 is 26.6 Å². The number of hydrogen-bond donors (Lipinski definition) is 4. The van der Waals surface area contributed by atoms with Gasteiger partial charge in [0.1, 0.15) is 0 Å². The van der Waals surface area contributed by atoms with Gasteiger partial charge in [-0.15, -0.1) is 0 Å². The van der Waals surface area contributed by atoms with Crippen LogP contribution >= 0.6 is 7.82 Å². The smallest absolute Gasteiger partial charge is 0.387 e. The maximum Gasteiger partial charge on any atom is 0.469 e. The molecule has 1 amide bonds. The summed E-state index contributed by atoms with van der Waals surface area (Å²) < 4.78 is 16.0. The lowest BCUT2D eigenvalue weighted by atomic mass is 10.0. The van der Waals surface area contributed by atoms with E-state index >= 15 is 0 Å². The van der Waals surface area contributed by atoms with Crippen LogP contribution < -0.4 is 5.32 Å². The van der Waals surface area contributed by atoms with E-state index in [4.69, 9.17) is 0 Å². The monoisotopic (exact) mass is 870 g/mol. The zero-order valence-corrected chi connectivity index (χ0v) is 41.0. The summed E-state index contributed by atoms with van der Waals surface area (Å²) in [6.07, 6.45) is 59.8. The number of amides is 1. The molecule has 0 rings (SSSR count). The average molecular weight is 870 g/mol. The van der Waals surface area contributed by atoms with Crippen molar-refractivity contribution in [3.8, 4) is 0 Å². The summed E-state index contributed by atoms with van der Waals surface area (Å²) in [6.45, 7) is 4.12. The van der Waals surface area contributed by atoms with E-state index in [0.29, 0.717) is 6.42 Å². The first-order chi connectivity index (χ1) is 29.3. The van der Waals surface area contributed by atoms with E-state index in [1.165, 1.54) is 238 Å². The molecule has 0 aromatic carbocycles. The van der Waals surface area contributed by atoms with Gasteiger partial charge >= 0.3 is 7.82 Å². The Bertz CT molecular complexity index is 941. The number of aliphatic hydroxyl groups is 1. The maximum atomic E-state index is 12.7. The minimum absolute atomic E-state index is 0.219. The second-order valence-electron chi connectivity index (χ2n) is 18.6. The molecule has 0 aliphatic carbocycles. The third-order valence-corrected chi connectivity index (χ3v) is 13.0. The number of phosphoric acid groups is 1. The molecule has 0 saturated carbocycles. The molecule has 0 fully saturated rings. The Balaban J connectivity index is 3.73. The highest BCUT2D eigenvalue weighted by Gasteiger charge is 2.24. The van der Waals surface area contributed by atoms with E-state index in [0.717, 1.165) is 38.5 Å². The van der Waals surface area contributed by atoms with Gasteiger partial charge < -0.3 is 20.2 Å². The van der Waals surface area contributed by atoms with E-state index in [9.17, 15) is 24.3 Å². The number of carbonyl (C=O) groups excluding carboxylic acids is 1. The summed E-state index contributed by atoms with van der Waals surface area (Å²) in [4.78, 5) is 31.1. The van der Waals surface area contributed by atoms with E-state index in [2.05, 4.69) is 23.7 Å². The Kier molecular flexibility index (Phi) is 47.2. The van der Waals surface area contributed by atoms with Gasteiger partial charge in [0.05, 0.1) is 18.8 Å². The minimum Gasteiger partial charge on any atom is -0.387 e. The van der Waals surface area contributed by atoms with Crippen molar-refractivity contribution >= 4 is 13.7 Å². The van der Waals surface area contributed by atoms with Crippen LogP contribution in [0.5, 0.6) is 0 Å². The van der Waals surface area contributed by atoms with Crippen LogP contribution in [0.15, 0.2) is 12.2 Å². The molecular weight excluding hydrogens is 766 g/mol. The van der Waals surface area contributed by atoms with Gasteiger partial charge in [-0.1, -0.05) is 283 Å². The number of carbonyl (C=O) groups is 1. The van der Waals surface area contributed by atoms with Gasteiger partial charge in [-0.25, -0.2) is 4.57 Å². The Morgan fingerprint density at radius 1 is 0.467 bits per heavy atom. The Morgan fingerprint density at radius 2 is 0.733 bits per heavy atom. The lowest BCUT2D eigenvalue weighted by molar-refractivity contribution is -0.123. The van der Waals surface area contributed by atoms with Crippen LogP contribution in [0.3, 0.4) is 0 Å². The topological polar surface area (TPSA) is 116 Å². The normalized spacial score (nSPS) is 13.1. The molecule has 0 aliphatic rings. The molecule has 0 unspecified atom stereocenters. The molecule has 0 aromatic rings. The van der Waals surface area contributed by atoms with Crippen LogP contribution in [-0.2, 0) is 13.9 Å². The highest BCUT2D eigenvalue weighted by atomic mass is 31.2. The van der Waals surface area contributed by atoms with Gasteiger partial charge in [0.2, 0.25) is 5.91 Å². The molecule has 0 aliphatic heterocycles. The Hall–Kier alpha value is -0.720. The molecule has 0 aromatic heterocycles. The molecular formula is C52H104NO6P. The first kappa shape index (κ1) is 59.3. The zero-order valence-electron chi connectivity index (χ0n) is 40.1. The number of unbranched alkanes of at least 4 members (excludes halogenated alkanes) is 41. The fourth-order valence-electron chi connectivity index (χ4n) is 8.46. The van der Waals surface area contributed by atoms with Crippen LogP contribution in [0.1, 0.15) is 296 Å². The summed E-state index contributed by atoms with van der Waals surface area (Å²) in [5.41, 5.74) is 0. The molecule has 2 atom stereocenters. The SMILES string of the molecule is CCCCCCCCCCCCCCCC/C=C/[C@@H](O)[C@H](COP(=O)(O)O)NC(=O)CCCCCCCCCCCCCCCCCCCCCCCCCCCCCC. The van der Waals surface area contributed by atoms with Crippen molar-refractivity contribution < 1.29 is 28.8 Å². The second-order valence-corrected chi connectivity index (χ2v) is 19.8. The summed E-state index contributed by atoms with van der Waals surface area (Å²) in [6, 6.07) is -0.906. The lowest BCUT2D eigenvalue weighted by Gasteiger charge is -2.22. The summed E-state index contributed by atoms with van der Waals surface area (Å²) >= 11 is 0. The number of nitrogens with one attached hydrogen (secondary N) is 1. The van der Waals surface area contributed by atoms with Crippen molar-refractivity contribution in [1.29, 1.82) is 0 Å². The fourth-order valence-corrected chi connectivity index (χ4v) is 8.82. The number of rotatable bonds is 50. The van der Waals surface area contributed by atoms with Crippen molar-refractivity contribution in [2.24, 2.45) is 0 Å². The van der Waals surface area contributed by atoms with E-state index in [1.807, 2.05) is 6.08 Å². The lowest BCUT2D eigenvalue weighted by Crippen LogP contribution is -2.45. The molecule has 0 bridgehead atoms. The highest BCUT2D eigenvalue weighted by molar-refractivity contribution is 7.46. The van der Waals surface area contributed by atoms with Gasteiger partial charge in [0.15, 0.2) is 0 Å². The van der Waals surface area contributed by atoms with Gasteiger partial charge in [-0.2, -0.15) is 0 Å². The predicted octanol–water partition coefficient (Wildman–Crippen LogP) is 16.7. The maximum absolute atomic E-state index is 12.7. The molecule has 7 nitrogen and oxygen atoms in total. The van der Waals surface area contributed by atoms with Crippen LogP contribution in [0.25, 0.3) is 0 Å². The third-order valence-electron chi connectivity index (χ3n) is 12.5. The van der Waals surface area contributed by atoms with Crippen molar-refractivity contribution in [2.75, 3.05) is 6.61 Å². The Morgan fingerprint density at radius 3 is 1.02 bits per heavy atom. The molecule has 4 N–H and O–H groups in total. The number of hydrogen-bond acceptors (Lipinski definition) is 4. The molecule has 0 spiro atoms. The predicted molar refractivity (Wildman–Crippen MR) is 260 cm³/mol. The average Bonchev–Trinajstić information content (AvgIpc) is 3.22. The zero-order chi connectivity index (χ0) is 43.9. The minimum atomic E-state index is -4.72. The summed E-state index contributed by atoms with van der Waals surface area (Å²) in [5.74, 6) is -0.219. The molecule has 0 radical (unpaired) electrons.